The predicted octanol–water partition coefficient (Wildman–Crippen LogP) is 2.44. The minimum Gasteiger partial charge on any atom is -0.497 e. The number of aliphatic hydroxyl groups excluding tert-OH is 1. The summed E-state index contributed by atoms with van der Waals surface area (Å²) >= 11 is 0. The lowest BCUT2D eigenvalue weighted by Crippen LogP contribution is -2.52. The van der Waals surface area contributed by atoms with Crippen molar-refractivity contribution in [3.8, 4) is 5.75 Å². The van der Waals surface area contributed by atoms with E-state index in [0.29, 0.717) is 12.8 Å². The minimum atomic E-state index is -0.385. The summed E-state index contributed by atoms with van der Waals surface area (Å²) in [4.78, 5) is 12.1. The van der Waals surface area contributed by atoms with E-state index in [1.165, 1.54) is 6.42 Å². The van der Waals surface area contributed by atoms with Gasteiger partial charge in [0, 0.05) is 6.42 Å². The Labute approximate surface area is 126 Å². The summed E-state index contributed by atoms with van der Waals surface area (Å²) in [6.07, 6.45) is 6.25. The molecule has 0 saturated heterocycles. The summed E-state index contributed by atoms with van der Waals surface area (Å²) in [5.74, 6) is 0.834. The molecule has 4 nitrogen and oxygen atoms in total. The van der Waals surface area contributed by atoms with E-state index in [0.717, 1.165) is 37.0 Å². The number of hydrogen-bond donors (Lipinski definition) is 2. The van der Waals surface area contributed by atoms with Crippen LogP contribution in [-0.4, -0.2) is 30.3 Å². The summed E-state index contributed by atoms with van der Waals surface area (Å²) < 4.78 is 5.18. The molecular weight excluding hydrogens is 266 g/mol. The first-order valence-corrected chi connectivity index (χ1v) is 7.72. The number of carbonyl (C=O) groups excluding carboxylic acids is 1. The van der Waals surface area contributed by atoms with Crippen LogP contribution in [0.5, 0.6) is 5.75 Å². The number of methoxy groups -OCH3 is 1. The van der Waals surface area contributed by atoms with Crippen LogP contribution in [0.1, 0.15) is 44.1 Å². The van der Waals surface area contributed by atoms with Gasteiger partial charge in [-0.3, -0.25) is 4.79 Å². The maximum atomic E-state index is 12.1. The molecule has 0 atom stereocenters. The maximum absolute atomic E-state index is 12.1. The van der Waals surface area contributed by atoms with E-state index in [9.17, 15) is 9.90 Å². The largest absolute Gasteiger partial charge is 0.497 e. The fourth-order valence-corrected chi connectivity index (χ4v) is 3.00. The first-order chi connectivity index (χ1) is 10.2. The standard InChI is InChI=1S/C17H25NO3/c1-21-15-7-5-6-14(12-15)8-9-16(20)18-17(13-19)10-3-2-4-11-17/h5-7,12,19H,2-4,8-11,13H2,1H3,(H,18,20). The number of hydrogen-bond acceptors (Lipinski definition) is 3. The van der Waals surface area contributed by atoms with Crippen molar-refractivity contribution in [3.05, 3.63) is 29.8 Å². The number of rotatable bonds is 6. The number of ether oxygens (including phenoxy) is 1. The summed E-state index contributed by atoms with van der Waals surface area (Å²) in [5, 5.41) is 12.7. The molecule has 0 unspecified atom stereocenters. The fraction of sp³-hybridized carbons (Fsp3) is 0.588. The lowest BCUT2D eigenvalue weighted by molar-refractivity contribution is -0.124. The van der Waals surface area contributed by atoms with Gasteiger partial charge >= 0.3 is 0 Å². The van der Waals surface area contributed by atoms with Gasteiger partial charge in [-0.25, -0.2) is 0 Å². The first kappa shape index (κ1) is 15.8. The highest BCUT2D eigenvalue weighted by molar-refractivity contribution is 5.77. The number of aliphatic hydroxyl groups is 1. The number of benzene rings is 1. The molecule has 4 heteroatoms. The zero-order valence-electron chi connectivity index (χ0n) is 12.7. The Kier molecular flexibility index (Phi) is 5.62. The molecule has 1 aliphatic rings. The van der Waals surface area contributed by atoms with Gasteiger partial charge in [0.05, 0.1) is 19.3 Å². The van der Waals surface area contributed by atoms with Gasteiger partial charge in [-0.15, -0.1) is 0 Å². The van der Waals surface area contributed by atoms with Gasteiger partial charge in [0.1, 0.15) is 5.75 Å². The van der Waals surface area contributed by atoms with Crippen molar-refractivity contribution >= 4 is 5.91 Å². The highest BCUT2D eigenvalue weighted by Crippen LogP contribution is 2.27. The quantitative estimate of drug-likeness (QED) is 0.846. The number of amides is 1. The topological polar surface area (TPSA) is 58.6 Å². The van der Waals surface area contributed by atoms with Crippen LogP contribution in [0.25, 0.3) is 0 Å². The van der Waals surface area contributed by atoms with Crippen LogP contribution < -0.4 is 10.1 Å². The Balaban J connectivity index is 1.86. The molecule has 1 saturated carbocycles. The van der Waals surface area contributed by atoms with E-state index in [1.54, 1.807) is 7.11 Å². The molecule has 0 heterocycles. The van der Waals surface area contributed by atoms with Crippen LogP contribution in [0.15, 0.2) is 24.3 Å². The lowest BCUT2D eigenvalue weighted by atomic mass is 9.82. The number of nitrogens with one attached hydrogen (secondary N) is 1. The Bertz CT molecular complexity index is 467. The summed E-state index contributed by atoms with van der Waals surface area (Å²) in [5.41, 5.74) is 0.704. The summed E-state index contributed by atoms with van der Waals surface area (Å²) in [7, 11) is 1.64. The van der Waals surface area contributed by atoms with Gasteiger partial charge in [-0.1, -0.05) is 31.4 Å². The van der Waals surface area contributed by atoms with E-state index in [-0.39, 0.29) is 18.1 Å². The van der Waals surface area contributed by atoms with Crippen LogP contribution in [0.2, 0.25) is 0 Å². The van der Waals surface area contributed by atoms with E-state index >= 15 is 0 Å². The van der Waals surface area contributed by atoms with Gasteiger partial charge in [0.15, 0.2) is 0 Å². The third-order valence-corrected chi connectivity index (χ3v) is 4.29. The molecule has 1 aromatic carbocycles. The minimum absolute atomic E-state index is 0.0220. The van der Waals surface area contributed by atoms with Gasteiger partial charge in [-0.2, -0.15) is 0 Å². The van der Waals surface area contributed by atoms with Crippen molar-refractivity contribution in [2.45, 2.75) is 50.5 Å². The molecule has 21 heavy (non-hydrogen) atoms. The van der Waals surface area contributed by atoms with Gasteiger partial charge in [0.25, 0.3) is 0 Å². The summed E-state index contributed by atoms with van der Waals surface area (Å²) in [6, 6.07) is 7.78. The van der Waals surface area contributed by atoms with Crippen molar-refractivity contribution in [1.29, 1.82) is 0 Å². The van der Waals surface area contributed by atoms with Crippen molar-refractivity contribution in [2.24, 2.45) is 0 Å². The van der Waals surface area contributed by atoms with Gasteiger partial charge in [-0.05, 0) is 37.0 Å². The average molecular weight is 291 g/mol. The Hall–Kier alpha value is -1.55. The fourth-order valence-electron chi connectivity index (χ4n) is 3.00. The van der Waals surface area contributed by atoms with E-state index < -0.39 is 0 Å². The molecule has 2 rings (SSSR count). The van der Waals surface area contributed by atoms with Crippen molar-refractivity contribution in [2.75, 3.05) is 13.7 Å². The second-order valence-electron chi connectivity index (χ2n) is 5.90. The van der Waals surface area contributed by atoms with Crippen LogP contribution in [0, 0.1) is 0 Å². The maximum Gasteiger partial charge on any atom is 0.220 e. The van der Waals surface area contributed by atoms with E-state index in [1.807, 2.05) is 24.3 Å². The van der Waals surface area contributed by atoms with Crippen molar-refractivity contribution in [3.63, 3.8) is 0 Å². The molecule has 1 fully saturated rings. The third-order valence-electron chi connectivity index (χ3n) is 4.29. The van der Waals surface area contributed by atoms with Crippen molar-refractivity contribution < 1.29 is 14.6 Å². The molecule has 2 N–H and O–H groups in total. The number of aryl methyl sites for hydroxylation is 1. The average Bonchev–Trinajstić information content (AvgIpc) is 2.54. The molecule has 1 amide bonds. The molecular formula is C17H25NO3. The molecule has 0 bridgehead atoms. The monoisotopic (exact) mass is 291 g/mol. The third kappa shape index (κ3) is 4.46. The lowest BCUT2D eigenvalue weighted by Gasteiger charge is -2.36. The SMILES string of the molecule is COc1cccc(CCC(=O)NC2(CO)CCCCC2)c1. The first-order valence-electron chi connectivity index (χ1n) is 7.72. The Morgan fingerprint density at radius 1 is 1.33 bits per heavy atom. The molecule has 0 aromatic heterocycles. The molecule has 0 spiro atoms. The highest BCUT2D eigenvalue weighted by atomic mass is 16.5. The zero-order valence-corrected chi connectivity index (χ0v) is 12.7. The second-order valence-corrected chi connectivity index (χ2v) is 5.90. The van der Waals surface area contributed by atoms with Crippen LogP contribution in [0.4, 0.5) is 0 Å². The molecule has 1 aliphatic carbocycles. The number of carbonyl (C=O) groups is 1. The summed E-state index contributed by atoms with van der Waals surface area (Å²) in [6.45, 7) is 0.0396. The van der Waals surface area contributed by atoms with Gasteiger partial charge in [0.2, 0.25) is 5.91 Å². The zero-order chi connectivity index (χ0) is 15.1. The Morgan fingerprint density at radius 2 is 2.10 bits per heavy atom. The second kappa shape index (κ2) is 7.46. The predicted molar refractivity (Wildman–Crippen MR) is 82.4 cm³/mol. The van der Waals surface area contributed by atoms with Crippen LogP contribution >= 0.6 is 0 Å². The van der Waals surface area contributed by atoms with Crippen LogP contribution in [0.3, 0.4) is 0 Å². The van der Waals surface area contributed by atoms with Crippen molar-refractivity contribution in [1.82, 2.24) is 5.32 Å². The Morgan fingerprint density at radius 3 is 2.76 bits per heavy atom. The van der Waals surface area contributed by atoms with Gasteiger partial charge < -0.3 is 15.2 Å². The van der Waals surface area contributed by atoms with Crippen LogP contribution in [-0.2, 0) is 11.2 Å². The smallest absolute Gasteiger partial charge is 0.220 e. The normalized spacial score (nSPS) is 17.2. The highest BCUT2D eigenvalue weighted by Gasteiger charge is 2.32. The molecule has 116 valence electrons. The molecule has 1 aromatic rings. The van der Waals surface area contributed by atoms with E-state index in [2.05, 4.69) is 5.32 Å². The van der Waals surface area contributed by atoms with E-state index in [4.69, 9.17) is 4.74 Å². The molecule has 0 radical (unpaired) electrons. The molecule has 0 aliphatic heterocycles.